The molecule has 0 saturated carbocycles. The van der Waals surface area contributed by atoms with Crippen LogP contribution in [0.5, 0.6) is 0 Å². The van der Waals surface area contributed by atoms with Crippen LogP contribution in [0.25, 0.3) is 0 Å². The molecule has 0 aromatic heterocycles. The molecule has 2 amide bonds. The van der Waals surface area contributed by atoms with Crippen molar-refractivity contribution in [2.75, 3.05) is 0 Å². The maximum Gasteiger partial charge on any atom is 0.251 e. The van der Waals surface area contributed by atoms with E-state index in [0.29, 0.717) is 10.6 Å². The molecular weight excluding hydrogens is 307 g/mol. The molecule has 2 rings (SSSR count). The van der Waals surface area contributed by atoms with E-state index in [1.807, 2.05) is 0 Å². The van der Waals surface area contributed by atoms with Gasteiger partial charge in [0.25, 0.3) is 5.91 Å². The van der Waals surface area contributed by atoms with Crippen LogP contribution in [0, 0.1) is 5.82 Å². The summed E-state index contributed by atoms with van der Waals surface area (Å²) in [5.74, 6) is -1.48. The Balaban J connectivity index is 2.17. The van der Waals surface area contributed by atoms with Crippen molar-refractivity contribution < 1.29 is 14.0 Å². The van der Waals surface area contributed by atoms with Crippen LogP contribution in [-0.2, 0) is 0 Å². The molecule has 1 unspecified atom stereocenters. The number of carbonyl (C=O) groups excluding carboxylic acids is 2. The summed E-state index contributed by atoms with van der Waals surface area (Å²) in [6, 6.07) is 9.59. The number of primary amides is 1. The molecule has 4 nitrogen and oxygen atoms in total. The molecule has 0 aliphatic carbocycles. The number of hydrogen-bond donors (Lipinski definition) is 2. The predicted molar refractivity (Wildman–Crippen MR) is 82.3 cm³/mol. The number of hydrogen-bond acceptors (Lipinski definition) is 2. The van der Waals surface area contributed by atoms with Gasteiger partial charge in [0.05, 0.1) is 6.04 Å². The lowest BCUT2D eigenvalue weighted by molar-refractivity contribution is 0.0938. The first-order valence-corrected chi connectivity index (χ1v) is 6.92. The van der Waals surface area contributed by atoms with Gasteiger partial charge in [0, 0.05) is 16.1 Å². The molecule has 0 saturated heterocycles. The lowest BCUT2D eigenvalue weighted by Gasteiger charge is -2.16. The smallest absolute Gasteiger partial charge is 0.251 e. The lowest BCUT2D eigenvalue weighted by Crippen LogP contribution is -2.27. The fourth-order valence-electron chi connectivity index (χ4n) is 2.02. The van der Waals surface area contributed by atoms with Crippen molar-refractivity contribution in [3.8, 4) is 0 Å². The Morgan fingerprint density at radius 3 is 2.50 bits per heavy atom. The third-order valence-electron chi connectivity index (χ3n) is 3.19. The van der Waals surface area contributed by atoms with E-state index in [1.54, 1.807) is 13.0 Å². The molecule has 22 heavy (non-hydrogen) atoms. The highest BCUT2D eigenvalue weighted by molar-refractivity contribution is 6.31. The standard InChI is InChI=1S/C16H14ClFN2O2/c1-9(13-6-5-10(15(19)21)8-14(13)17)20-16(22)11-3-2-4-12(18)7-11/h2-9H,1H3,(H2,19,21)(H,20,22). The fourth-order valence-corrected chi connectivity index (χ4v) is 2.36. The van der Waals surface area contributed by atoms with E-state index in [-0.39, 0.29) is 11.1 Å². The van der Waals surface area contributed by atoms with Crippen molar-refractivity contribution in [1.29, 1.82) is 0 Å². The molecule has 0 fully saturated rings. The van der Waals surface area contributed by atoms with Gasteiger partial charge in [0.2, 0.25) is 5.91 Å². The van der Waals surface area contributed by atoms with Gasteiger partial charge in [-0.1, -0.05) is 23.7 Å². The summed E-state index contributed by atoms with van der Waals surface area (Å²) in [7, 11) is 0. The van der Waals surface area contributed by atoms with Gasteiger partial charge < -0.3 is 11.1 Å². The van der Waals surface area contributed by atoms with Crippen LogP contribution in [0.4, 0.5) is 4.39 Å². The van der Waals surface area contributed by atoms with Gasteiger partial charge in [-0.15, -0.1) is 0 Å². The van der Waals surface area contributed by atoms with E-state index in [1.165, 1.54) is 30.3 Å². The molecule has 0 radical (unpaired) electrons. The fraction of sp³-hybridized carbons (Fsp3) is 0.125. The number of nitrogens with one attached hydrogen (secondary N) is 1. The quantitative estimate of drug-likeness (QED) is 0.908. The van der Waals surface area contributed by atoms with Crippen molar-refractivity contribution in [3.05, 3.63) is 70.0 Å². The molecule has 0 aliphatic rings. The molecule has 0 bridgehead atoms. The van der Waals surface area contributed by atoms with Gasteiger partial charge in [-0.05, 0) is 42.8 Å². The third kappa shape index (κ3) is 3.62. The van der Waals surface area contributed by atoms with Crippen LogP contribution in [0.3, 0.4) is 0 Å². The van der Waals surface area contributed by atoms with Crippen molar-refractivity contribution in [2.24, 2.45) is 5.73 Å². The minimum Gasteiger partial charge on any atom is -0.366 e. The van der Waals surface area contributed by atoms with Crippen molar-refractivity contribution in [1.82, 2.24) is 5.32 Å². The van der Waals surface area contributed by atoms with Crippen molar-refractivity contribution in [2.45, 2.75) is 13.0 Å². The number of rotatable bonds is 4. The molecule has 0 heterocycles. The minimum absolute atomic E-state index is 0.219. The number of amides is 2. The highest BCUT2D eigenvalue weighted by Gasteiger charge is 2.15. The van der Waals surface area contributed by atoms with Crippen LogP contribution >= 0.6 is 11.6 Å². The number of nitrogens with two attached hydrogens (primary N) is 1. The molecule has 3 N–H and O–H groups in total. The molecule has 1 atom stereocenters. The summed E-state index contributed by atoms with van der Waals surface area (Å²) in [5, 5.41) is 3.05. The zero-order valence-corrected chi connectivity index (χ0v) is 12.5. The van der Waals surface area contributed by atoms with Crippen LogP contribution in [-0.4, -0.2) is 11.8 Å². The largest absolute Gasteiger partial charge is 0.366 e. The van der Waals surface area contributed by atoms with E-state index in [2.05, 4.69) is 5.32 Å². The Morgan fingerprint density at radius 1 is 1.18 bits per heavy atom. The summed E-state index contributed by atoms with van der Waals surface area (Å²) in [6.45, 7) is 1.74. The Labute approximate surface area is 132 Å². The van der Waals surface area contributed by atoms with Crippen LogP contribution in [0.15, 0.2) is 42.5 Å². The first-order chi connectivity index (χ1) is 10.4. The van der Waals surface area contributed by atoms with E-state index < -0.39 is 23.7 Å². The summed E-state index contributed by atoms with van der Waals surface area (Å²) >= 11 is 6.10. The van der Waals surface area contributed by atoms with Gasteiger partial charge in [-0.3, -0.25) is 9.59 Å². The number of halogens is 2. The van der Waals surface area contributed by atoms with Gasteiger partial charge in [0.1, 0.15) is 5.82 Å². The third-order valence-corrected chi connectivity index (χ3v) is 3.51. The monoisotopic (exact) mass is 320 g/mol. The van der Waals surface area contributed by atoms with Gasteiger partial charge in [-0.25, -0.2) is 4.39 Å². The first kappa shape index (κ1) is 16.0. The van der Waals surface area contributed by atoms with E-state index in [4.69, 9.17) is 17.3 Å². The average Bonchev–Trinajstić information content (AvgIpc) is 2.46. The Bertz CT molecular complexity index is 734. The van der Waals surface area contributed by atoms with Crippen LogP contribution in [0.2, 0.25) is 5.02 Å². The topological polar surface area (TPSA) is 72.2 Å². The summed E-state index contributed by atoms with van der Waals surface area (Å²) < 4.78 is 13.1. The second-order valence-electron chi connectivity index (χ2n) is 4.81. The van der Waals surface area contributed by atoms with E-state index >= 15 is 0 Å². The highest BCUT2D eigenvalue weighted by atomic mass is 35.5. The van der Waals surface area contributed by atoms with E-state index in [0.717, 1.165) is 6.07 Å². The SMILES string of the molecule is CC(NC(=O)c1cccc(F)c1)c1ccc(C(N)=O)cc1Cl. The first-order valence-electron chi connectivity index (χ1n) is 6.54. The predicted octanol–water partition coefficient (Wildman–Crippen LogP) is 3.07. The molecule has 2 aromatic rings. The molecule has 2 aromatic carbocycles. The maximum absolute atomic E-state index is 13.1. The van der Waals surface area contributed by atoms with Gasteiger partial charge in [-0.2, -0.15) is 0 Å². The highest BCUT2D eigenvalue weighted by Crippen LogP contribution is 2.24. The van der Waals surface area contributed by atoms with Crippen LogP contribution in [0.1, 0.15) is 39.2 Å². The second-order valence-corrected chi connectivity index (χ2v) is 5.21. The molecular formula is C16H14ClFN2O2. The van der Waals surface area contributed by atoms with Gasteiger partial charge in [0.15, 0.2) is 0 Å². The molecule has 0 spiro atoms. The summed E-state index contributed by atoms with van der Waals surface area (Å²) in [4.78, 5) is 23.2. The number of carbonyl (C=O) groups is 2. The summed E-state index contributed by atoms with van der Waals surface area (Å²) in [6.07, 6.45) is 0. The lowest BCUT2D eigenvalue weighted by atomic mass is 10.0. The normalized spacial score (nSPS) is 11.8. The summed E-state index contributed by atoms with van der Waals surface area (Å²) in [5.41, 5.74) is 6.32. The van der Waals surface area contributed by atoms with Crippen molar-refractivity contribution in [3.63, 3.8) is 0 Å². The molecule has 6 heteroatoms. The zero-order chi connectivity index (χ0) is 16.3. The number of benzene rings is 2. The maximum atomic E-state index is 13.1. The van der Waals surface area contributed by atoms with E-state index in [9.17, 15) is 14.0 Å². The Morgan fingerprint density at radius 2 is 1.91 bits per heavy atom. The molecule has 114 valence electrons. The second kappa shape index (κ2) is 6.58. The van der Waals surface area contributed by atoms with Crippen molar-refractivity contribution >= 4 is 23.4 Å². The molecule has 0 aliphatic heterocycles. The Kier molecular flexibility index (Phi) is 4.78. The van der Waals surface area contributed by atoms with Gasteiger partial charge >= 0.3 is 0 Å². The zero-order valence-electron chi connectivity index (χ0n) is 11.8. The van der Waals surface area contributed by atoms with Crippen LogP contribution < -0.4 is 11.1 Å². The minimum atomic E-state index is -0.579. The Hall–Kier alpha value is -2.40. The average molecular weight is 321 g/mol.